The lowest BCUT2D eigenvalue weighted by Gasteiger charge is -2.13. The average molecular weight is 310 g/mol. The van der Waals surface area contributed by atoms with Crippen LogP contribution in [0.5, 0.6) is 0 Å². The topological polar surface area (TPSA) is 74.7 Å². The lowest BCUT2D eigenvalue weighted by atomic mass is 10.0. The predicted octanol–water partition coefficient (Wildman–Crippen LogP) is 3.06. The molecule has 0 spiro atoms. The third kappa shape index (κ3) is 3.96. The van der Waals surface area contributed by atoms with E-state index in [0.717, 1.165) is 36.4 Å². The van der Waals surface area contributed by atoms with Crippen molar-refractivity contribution in [2.24, 2.45) is 5.92 Å². The summed E-state index contributed by atoms with van der Waals surface area (Å²) in [6.07, 6.45) is 4.42. The van der Waals surface area contributed by atoms with E-state index in [0.29, 0.717) is 17.9 Å². The van der Waals surface area contributed by atoms with Crippen LogP contribution in [0.15, 0.2) is 22.6 Å². The molecule has 0 amide bonds. The summed E-state index contributed by atoms with van der Waals surface area (Å²) in [7, 11) is 0. The second kappa shape index (κ2) is 6.93. The van der Waals surface area contributed by atoms with Crippen molar-refractivity contribution in [2.75, 3.05) is 0 Å². The molecular formula is C18H22N4O. The molecule has 1 saturated carbocycles. The Bertz CT molecular complexity index is 716. The minimum Gasteiger partial charge on any atom is -0.426 e. The summed E-state index contributed by atoms with van der Waals surface area (Å²) < 4.78 is 5.48. The van der Waals surface area contributed by atoms with E-state index in [1.54, 1.807) is 0 Å². The summed E-state index contributed by atoms with van der Waals surface area (Å²) in [4.78, 5) is 0. The zero-order valence-electron chi connectivity index (χ0n) is 13.7. The van der Waals surface area contributed by atoms with Crippen LogP contribution in [0.1, 0.15) is 47.7 Å². The van der Waals surface area contributed by atoms with Crippen LogP contribution in [-0.4, -0.2) is 16.2 Å². The first-order valence-corrected chi connectivity index (χ1v) is 8.16. The highest BCUT2D eigenvalue weighted by Gasteiger charge is 2.25. The monoisotopic (exact) mass is 310 g/mol. The Morgan fingerprint density at radius 1 is 1.30 bits per heavy atom. The number of hydrogen-bond acceptors (Lipinski definition) is 5. The van der Waals surface area contributed by atoms with Gasteiger partial charge in [0, 0.05) is 25.9 Å². The Kier molecular flexibility index (Phi) is 4.73. The Morgan fingerprint density at radius 3 is 2.87 bits per heavy atom. The number of aryl methyl sites for hydroxylation is 2. The quantitative estimate of drug-likeness (QED) is 0.918. The molecule has 23 heavy (non-hydrogen) atoms. The fourth-order valence-corrected chi connectivity index (χ4v) is 3.34. The summed E-state index contributed by atoms with van der Waals surface area (Å²) in [6.45, 7) is 4.67. The van der Waals surface area contributed by atoms with Crippen LogP contribution < -0.4 is 5.32 Å². The molecule has 1 aliphatic carbocycles. The van der Waals surface area contributed by atoms with Crippen LogP contribution in [0, 0.1) is 31.1 Å². The SMILES string of the molecule is Cc1nnc(C[C@@H]2CC[C@H](NCc3ccc(C#N)c(C)c3)C2)o1. The van der Waals surface area contributed by atoms with Gasteiger partial charge in [0.2, 0.25) is 11.8 Å². The molecule has 2 aromatic rings. The van der Waals surface area contributed by atoms with Gasteiger partial charge >= 0.3 is 0 Å². The number of nitrogens with one attached hydrogen (secondary N) is 1. The van der Waals surface area contributed by atoms with Gasteiger partial charge < -0.3 is 9.73 Å². The smallest absolute Gasteiger partial charge is 0.216 e. The normalized spacial score (nSPS) is 20.6. The predicted molar refractivity (Wildman–Crippen MR) is 86.6 cm³/mol. The van der Waals surface area contributed by atoms with Crippen LogP contribution >= 0.6 is 0 Å². The third-order valence-electron chi connectivity index (χ3n) is 4.58. The standard InChI is InChI=1S/C18H22N4O/c1-12-7-15(3-5-16(12)10-19)11-20-17-6-4-14(8-17)9-18-22-21-13(2)23-18/h3,5,7,14,17,20H,4,6,8-9,11H2,1-2H3/t14-,17+/m1/s1. The number of aromatic nitrogens is 2. The van der Waals surface area contributed by atoms with Crippen LogP contribution in [0.25, 0.3) is 0 Å². The molecule has 2 atom stereocenters. The van der Waals surface area contributed by atoms with E-state index in [4.69, 9.17) is 9.68 Å². The molecule has 5 nitrogen and oxygen atoms in total. The highest BCUT2D eigenvalue weighted by Crippen LogP contribution is 2.28. The van der Waals surface area contributed by atoms with E-state index in [9.17, 15) is 0 Å². The van der Waals surface area contributed by atoms with E-state index in [1.807, 2.05) is 26.0 Å². The molecule has 1 aromatic heterocycles. The molecule has 3 rings (SSSR count). The third-order valence-corrected chi connectivity index (χ3v) is 4.58. The average Bonchev–Trinajstić information content (AvgIpc) is 3.15. The zero-order valence-corrected chi connectivity index (χ0v) is 13.7. The van der Waals surface area contributed by atoms with Crippen LogP contribution in [-0.2, 0) is 13.0 Å². The second-order valence-electron chi connectivity index (χ2n) is 6.44. The van der Waals surface area contributed by atoms with Crippen LogP contribution in [0.2, 0.25) is 0 Å². The fourth-order valence-electron chi connectivity index (χ4n) is 3.34. The number of nitriles is 1. The summed E-state index contributed by atoms with van der Waals surface area (Å²) in [5.41, 5.74) is 3.03. The van der Waals surface area contributed by atoms with Crippen LogP contribution in [0.4, 0.5) is 0 Å². The van der Waals surface area contributed by atoms with Crippen molar-refractivity contribution in [1.29, 1.82) is 5.26 Å². The zero-order chi connectivity index (χ0) is 16.2. The number of hydrogen-bond donors (Lipinski definition) is 1. The first-order valence-electron chi connectivity index (χ1n) is 8.16. The minimum absolute atomic E-state index is 0.542. The van der Waals surface area contributed by atoms with Gasteiger partial charge in [-0.3, -0.25) is 0 Å². The molecule has 120 valence electrons. The van der Waals surface area contributed by atoms with Crippen molar-refractivity contribution in [3.8, 4) is 6.07 Å². The van der Waals surface area contributed by atoms with Gasteiger partial charge in [-0.1, -0.05) is 12.1 Å². The summed E-state index contributed by atoms with van der Waals surface area (Å²) >= 11 is 0. The summed E-state index contributed by atoms with van der Waals surface area (Å²) in [6, 6.07) is 8.79. The van der Waals surface area contributed by atoms with E-state index in [-0.39, 0.29) is 0 Å². The van der Waals surface area contributed by atoms with Crippen molar-refractivity contribution in [3.63, 3.8) is 0 Å². The number of rotatable bonds is 5. The minimum atomic E-state index is 0.542. The van der Waals surface area contributed by atoms with Crippen molar-refractivity contribution in [2.45, 2.75) is 52.1 Å². The first kappa shape index (κ1) is 15.7. The van der Waals surface area contributed by atoms with Gasteiger partial charge in [-0.05, 0) is 49.3 Å². The van der Waals surface area contributed by atoms with Gasteiger partial charge in [0.1, 0.15) is 0 Å². The molecule has 0 aliphatic heterocycles. The van der Waals surface area contributed by atoms with Gasteiger partial charge in [-0.15, -0.1) is 10.2 Å². The highest BCUT2D eigenvalue weighted by atomic mass is 16.4. The molecule has 1 aliphatic rings. The first-order chi connectivity index (χ1) is 11.1. The molecule has 5 heteroatoms. The van der Waals surface area contributed by atoms with Gasteiger partial charge in [-0.25, -0.2) is 0 Å². The molecule has 0 radical (unpaired) electrons. The molecule has 1 aromatic carbocycles. The van der Waals surface area contributed by atoms with Crippen LogP contribution in [0.3, 0.4) is 0 Å². The molecule has 1 heterocycles. The molecular weight excluding hydrogens is 288 g/mol. The van der Waals surface area contributed by atoms with Crippen molar-refractivity contribution < 1.29 is 4.42 Å². The number of benzene rings is 1. The lowest BCUT2D eigenvalue weighted by Crippen LogP contribution is -2.26. The summed E-state index contributed by atoms with van der Waals surface area (Å²) in [5.74, 6) is 2.02. The second-order valence-corrected chi connectivity index (χ2v) is 6.44. The molecule has 1 N–H and O–H groups in total. The lowest BCUT2D eigenvalue weighted by molar-refractivity contribution is 0.409. The molecule has 0 bridgehead atoms. The van der Waals surface area contributed by atoms with E-state index in [1.165, 1.54) is 18.4 Å². The van der Waals surface area contributed by atoms with E-state index in [2.05, 4.69) is 27.6 Å². The van der Waals surface area contributed by atoms with Crippen molar-refractivity contribution in [3.05, 3.63) is 46.7 Å². The van der Waals surface area contributed by atoms with Crippen molar-refractivity contribution >= 4 is 0 Å². The van der Waals surface area contributed by atoms with E-state index < -0.39 is 0 Å². The van der Waals surface area contributed by atoms with Gasteiger partial charge in [0.25, 0.3) is 0 Å². The Labute approximate surface area is 136 Å². The maximum atomic E-state index is 8.98. The Hall–Kier alpha value is -2.19. The van der Waals surface area contributed by atoms with Crippen molar-refractivity contribution in [1.82, 2.24) is 15.5 Å². The fraction of sp³-hybridized carbons (Fsp3) is 0.500. The molecule has 1 fully saturated rings. The molecule has 0 unspecified atom stereocenters. The van der Waals surface area contributed by atoms with E-state index >= 15 is 0 Å². The maximum absolute atomic E-state index is 8.98. The molecule has 0 saturated heterocycles. The summed E-state index contributed by atoms with van der Waals surface area (Å²) in [5, 5.41) is 20.6. The largest absolute Gasteiger partial charge is 0.426 e. The van der Waals surface area contributed by atoms with Gasteiger partial charge in [0.05, 0.1) is 11.6 Å². The van der Waals surface area contributed by atoms with Gasteiger partial charge in [-0.2, -0.15) is 5.26 Å². The highest BCUT2D eigenvalue weighted by molar-refractivity contribution is 5.39. The Morgan fingerprint density at radius 2 is 2.17 bits per heavy atom. The maximum Gasteiger partial charge on any atom is 0.216 e. The Balaban J connectivity index is 1.48. The van der Waals surface area contributed by atoms with Gasteiger partial charge in [0.15, 0.2) is 0 Å². The number of nitrogens with zero attached hydrogens (tertiary/aromatic N) is 3.